The summed E-state index contributed by atoms with van der Waals surface area (Å²) >= 11 is 18.1. The number of piperidine rings is 1. The van der Waals surface area contributed by atoms with Gasteiger partial charge in [-0.3, -0.25) is 0 Å². The van der Waals surface area contributed by atoms with Crippen LogP contribution in [-0.2, 0) is 16.6 Å². The summed E-state index contributed by atoms with van der Waals surface area (Å²) in [6, 6.07) is 18.0. The number of benzene rings is 3. The predicted octanol–water partition coefficient (Wildman–Crippen LogP) is 7.21. The van der Waals surface area contributed by atoms with Gasteiger partial charge in [-0.2, -0.15) is 4.31 Å². The number of hydrogen-bond acceptors (Lipinski definition) is 4. The molecule has 1 aliphatic rings. The molecule has 208 valence electrons. The summed E-state index contributed by atoms with van der Waals surface area (Å²) in [6.07, 6.45) is 3.00. The quantitative estimate of drug-likeness (QED) is 0.278. The fraction of sp³-hybridized carbons (Fsp3) is 0.321. The molecule has 1 heterocycles. The van der Waals surface area contributed by atoms with E-state index in [4.69, 9.17) is 39.5 Å². The number of nitrogens with one attached hydrogen (secondary N) is 1. The Hall–Kier alpha value is -2.49. The van der Waals surface area contributed by atoms with Crippen LogP contribution in [0.15, 0.2) is 71.6 Å². The van der Waals surface area contributed by atoms with Crippen molar-refractivity contribution in [2.75, 3.05) is 20.1 Å². The third kappa shape index (κ3) is 7.80. The van der Waals surface area contributed by atoms with Gasteiger partial charge in [0.25, 0.3) is 0 Å². The molecule has 0 aromatic heterocycles. The molecular formula is C28H30Cl3N3O4S. The third-order valence-corrected chi connectivity index (χ3v) is 9.27. The molecule has 3 aromatic rings. The van der Waals surface area contributed by atoms with Crippen LogP contribution in [0.25, 0.3) is 0 Å². The number of halogens is 3. The largest absolute Gasteiger partial charge is 0.457 e. The molecule has 1 unspecified atom stereocenters. The maximum absolute atomic E-state index is 13.3. The standard InChI is InChI=1S/C28H30Cl3N3O4S/c1-33(19-20-18-23(31)9-14-27(20)38-25-10-5-21(29)6-11-25)28(35)32-16-15-24-4-2-3-17-34(24)39(36,37)26-12-7-22(30)8-13-26/h5-14,18,24H,2-4,15-17,19H2,1H3,(H,32,35). The molecule has 1 fully saturated rings. The van der Waals surface area contributed by atoms with Crippen molar-refractivity contribution < 1.29 is 17.9 Å². The summed E-state index contributed by atoms with van der Waals surface area (Å²) in [7, 11) is -1.97. The van der Waals surface area contributed by atoms with E-state index in [2.05, 4.69) is 5.32 Å². The van der Waals surface area contributed by atoms with Crippen LogP contribution in [0.4, 0.5) is 4.79 Å². The highest BCUT2D eigenvalue weighted by Gasteiger charge is 2.33. The van der Waals surface area contributed by atoms with Crippen LogP contribution >= 0.6 is 34.8 Å². The summed E-state index contributed by atoms with van der Waals surface area (Å²) in [4.78, 5) is 14.6. The van der Waals surface area contributed by atoms with Gasteiger partial charge in [0.2, 0.25) is 10.0 Å². The number of hydrogen-bond donors (Lipinski definition) is 1. The zero-order valence-electron chi connectivity index (χ0n) is 21.4. The van der Waals surface area contributed by atoms with E-state index < -0.39 is 10.0 Å². The van der Waals surface area contributed by atoms with Crippen LogP contribution in [0.1, 0.15) is 31.2 Å². The van der Waals surface area contributed by atoms with Gasteiger partial charge in [0, 0.05) is 46.8 Å². The van der Waals surface area contributed by atoms with Crippen molar-refractivity contribution in [3.63, 3.8) is 0 Å². The van der Waals surface area contributed by atoms with Crippen LogP contribution in [0.3, 0.4) is 0 Å². The Bertz CT molecular complexity index is 1390. The van der Waals surface area contributed by atoms with Crippen molar-refractivity contribution in [3.8, 4) is 11.5 Å². The summed E-state index contributed by atoms with van der Waals surface area (Å²) in [6.45, 7) is 1.05. The number of rotatable bonds is 9. The summed E-state index contributed by atoms with van der Waals surface area (Å²) in [5, 5.41) is 4.54. The van der Waals surface area contributed by atoms with E-state index in [1.165, 1.54) is 17.0 Å². The lowest BCUT2D eigenvalue weighted by Gasteiger charge is -2.35. The number of ether oxygens (including phenoxy) is 1. The van der Waals surface area contributed by atoms with E-state index in [0.29, 0.717) is 46.1 Å². The van der Waals surface area contributed by atoms with Gasteiger partial charge < -0.3 is 15.0 Å². The molecule has 11 heteroatoms. The van der Waals surface area contributed by atoms with Gasteiger partial charge in [0.15, 0.2) is 0 Å². The minimum absolute atomic E-state index is 0.197. The van der Waals surface area contributed by atoms with E-state index in [0.717, 1.165) is 24.8 Å². The maximum atomic E-state index is 13.3. The first kappa shape index (κ1) is 29.5. The molecule has 1 saturated heterocycles. The number of amides is 2. The number of sulfonamides is 1. The second-order valence-corrected chi connectivity index (χ2v) is 12.6. The van der Waals surface area contributed by atoms with Crippen molar-refractivity contribution in [3.05, 3.63) is 87.4 Å². The Morgan fingerprint density at radius 3 is 2.31 bits per heavy atom. The van der Waals surface area contributed by atoms with Crippen molar-refractivity contribution in [2.24, 2.45) is 0 Å². The fourth-order valence-corrected chi connectivity index (χ4v) is 6.70. The molecule has 0 saturated carbocycles. The first-order chi connectivity index (χ1) is 18.6. The lowest BCUT2D eigenvalue weighted by atomic mass is 10.0. The summed E-state index contributed by atoms with van der Waals surface area (Å²) in [5.41, 5.74) is 0.739. The van der Waals surface area contributed by atoms with Crippen LogP contribution < -0.4 is 10.1 Å². The lowest BCUT2D eigenvalue weighted by molar-refractivity contribution is 0.202. The highest BCUT2D eigenvalue weighted by atomic mass is 35.5. The van der Waals surface area contributed by atoms with Crippen molar-refractivity contribution in [1.29, 1.82) is 0 Å². The average Bonchev–Trinajstić information content (AvgIpc) is 2.92. The van der Waals surface area contributed by atoms with Gasteiger partial charge in [-0.15, -0.1) is 0 Å². The van der Waals surface area contributed by atoms with E-state index in [9.17, 15) is 13.2 Å². The van der Waals surface area contributed by atoms with E-state index in [1.807, 2.05) is 0 Å². The fourth-order valence-electron chi connectivity index (χ4n) is 4.53. The molecule has 0 spiro atoms. The van der Waals surface area contributed by atoms with Gasteiger partial charge in [-0.1, -0.05) is 41.2 Å². The Morgan fingerprint density at radius 2 is 1.62 bits per heavy atom. The normalized spacial score (nSPS) is 16.1. The monoisotopic (exact) mass is 609 g/mol. The zero-order chi connectivity index (χ0) is 28.0. The highest BCUT2D eigenvalue weighted by molar-refractivity contribution is 7.89. The van der Waals surface area contributed by atoms with Gasteiger partial charge in [0.1, 0.15) is 11.5 Å². The highest BCUT2D eigenvalue weighted by Crippen LogP contribution is 2.30. The summed E-state index contributed by atoms with van der Waals surface area (Å²) < 4.78 is 34.1. The molecule has 0 aliphatic carbocycles. The zero-order valence-corrected chi connectivity index (χ0v) is 24.5. The Morgan fingerprint density at radius 1 is 0.974 bits per heavy atom. The molecule has 4 rings (SSSR count). The van der Waals surface area contributed by atoms with E-state index in [1.54, 1.807) is 66.0 Å². The van der Waals surface area contributed by atoms with Crippen LogP contribution in [0, 0.1) is 0 Å². The van der Waals surface area contributed by atoms with Crippen LogP contribution in [0.2, 0.25) is 15.1 Å². The van der Waals surface area contributed by atoms with Gasteiger partial charge in [-0.25, -0.2) is 13.2 Å². The molecule has 1 N–H and O–H groups in total. The predicted molar refractivity (Wildman–Crippen MR) is 155 cm³/mol. The second kappa shape index (κ2) is 13.2. The minimum atomic E-state index is -3.65. The van der Waals surface area contributed by atoms with Crippen LogP contribution in [0.5, 0.6) is 11.5 Å². The van der Waals surface area contributed by atoms with Crippen molar-refractivity contribution in [1.82, 2.24) is 14.5 Å². The minimum Gasteiger partial charge on any atom is -0.457 e. The smallest absolute Gasteiger partial charge is 0.317 e. The topological polar surface area (TPSA) is 79.0 Å². The third-order valence-electron chi connectivity index (χ3n) is 6.57. The SMILES string of the molecule is CN(Cc1cc(Cl)ccc1Oc1ccc(Cl)cc1)C(=O)NCCC1CCCCN1S(=O)(=O)c1ccc(Cl)cc1. The van der Waals surface area contributed by atoms with Crippen molar-refractivity contribution >= 4 is 50.9 Å². The van der Waals surface area contributed by atoms with E-state index >= 15 is 0 Å². The average molecular weight is 611 g/mol. The van der Waals surface area contributed by atoms with Gasteiger partial charge >= 0.3 is 6.03 Å². The Kier molecular flexibility index (Phi) is 10.0. The van der Waals surface area contributed by atoms with Crippen LogP contribution in [-0.4, -0.2) is 49.8 Å². The molecule has 0 radical (unpaired) electrons. The molecular weight excluding hydrogens is 581 g/mol. The summed E-state index contributed by atoms with van der Waals surface area (Å²) in [5.74, 6) is 1.19. The first-order valence-corrected chi connectivity index (χ1v) is 15.2. The molecule has 7 nitrogen and oxygen atoms in total. The number of carbonyl (C=O) groups excluding carboxylic acids is 1. The number of carbonyl (C=O) groups is 1. The molecule has 1 atom stereocenters. The Labute approximate surface area is 244 Å². The van der Waals surface area contributed by atoms with Crippen molar-refractivity contribution in [2.45, 2.75) is 43.2 Å². The molecule has 39 heavy (non-hydrogen) atoms. The molecule has 2 amide bonds. The molecule has 3 aromatic carbocycles. The van der Waals surface area contributed by atoms with Gasteiger partial charge in [0.05, 0.1) is 11.4 Å². The lowest BCUT2D eigenvalue weighted by Crippen LogP contribution is -2.46. The Balaban J connectivity index is 1.35. The number of nitrogens with zero attached hydrogens (tertiary/aromatic N) is 2. The van der Waals surface area contributed by atoms with Gasteiger partial charge in [-0.05, 0) is 86.0 Å². The molecule has 1 aliphatic heterocycles. The maximum Gasteiger partial charge on any atom is 0.317 e. The second-order valence-electron chi connectivity index (χ2n) is 9.40. The molecule has 0 bridgehead atoms. The van der Waals surface area contributed by atoms with E-state index in [-0.39, 0.29) is 23.5 Å². The number of urea groups is 1. The first-order valence-electron chi connectivity index (χ1n) is 12.6.